The van der Waals surface area contributed by atoms with Crippen LogP contribution >= 0.6 is 0 Å². The predicted molar refractivity (Wildman–Crippen MR) is 161 cm³/mol. The molecule has 0 aliphatic rings. The number of carbonyl (C=O) groups is 2. The molecule has 10 heteroatoms. The van der Waals surface area contributed by atoms with Crippen molar-refractivity contribution in [3.8, 4) is 11.3 Å². The Morgan fingerprint density at radius 1 is 1.05 bits per heavy atom. The van der Waals surface area contributed by atoms with Crippen LogP contribution in [0.1, 0.15) is 48.7 Å². The number of aliphatic imine (C=N–C) groups is 1. The van der Waals surface area contributed by atoms with Crippen molar-refractivity contribution in [1.82, 2.24) is 10.1 Å². The highest BCUT2D eigenvalue weighted by Crippen LogP contribution is 2.31. The lowest BCUT2D eigenvalue weighted by Gasteiger charge is -2.20. The SMILES string of the molecule is Cc1ccc(-c2cc(C(O)c3cnc4ccccc4c3)on2)cc1/N=C(/CCCCC(=O)O)N(C=O)c1ccc(F)cc1. The van der Waals surface area contributed by atoms with Crippen molar-refractivity contribution < 1.29 is 28.7 Å². The molecule has 218 valence electrons. The average molecular weight is 581 g/mol. The highest BCUT2D eigenvalue weighted by atomic mass is 19.1. The highest BCUT2D eigenvalue weighted by Gasteiger charge is 2.19. The van der Waals surface area contributed by atoms with Gasteiger partial charge in [0, 0.05) is 47.3 Å². The van der Waals surface area contributed by atoms with E-state index in [9.17, 15) is 19.1 Å². The Kier molecular flexibility index (Phi) is 8.97. The fraction of sp³-hybridized carbons (Fsp3) is 0.182. The molecule has 5 aromatic rings. The Hall–Kier alpha value is -5.22. The van der Waals surface area contributed by atoms with Gasteiger partial charge in [0.15, 0.2) is 5.76 Å². The van der Waals surface area contributed by atoms with Crippen LogP contribution in [-0.2, 0) is 9.59 Å². The molecule has 1 unspecified atom stereocenters. The zero-order chi connectivity index (χ0) is 30.3. The molecule has 0 radical (unpaired) electrons. The van der Waals surface area contributed by atoms with E-state index in [1.54, 1.807) is 18.3 Å². The first-order valence-electron chi connectivity index (χ1n) is 13.7. The minimum absolute atomic E-state index is 0.00492. The molecule has 0 aliphatic carbocycles. The number of aliphatic hydroxyl groups is 1. The number of carboxylic acid groups (broad SMARTS) is 1. The van der Waals surface area contributed by atoms with E-state index in [2.05, 4.69) is 10.1 Å². The van der Waals surface area contributed by atoms with E-state index in [4.69, 9.17) is 14.6 Å². The van der Waals surface area contributed by atoms with Crippen molar-refractivity contribution in [3.05, 3.63) is 108 Å². The summed E-state index contributed by atoms with van der Waals surface area (Å²) in [5.41, 5.74) is 4.35. The van der Waals surface area contributed by atoms with E-state index in [0.717, 1.165) is 16.5 Å². The van der Waals surface area contributed by atoms with Crippen LogP contribution < -0.4 is 4.90 Å². The smallest absolute Gasteiger partial charge is 0.303 e. The van der Waals surface area contributed by atoms with Crippen molar-refractivity contribution in [2.45, 2.75) is 38.7 Å². The third kappa shape index (κ3) is 6.99. The number of anilines is 1. The van der Waals surface area contributed by atoms with Gasteiger partial charge in [-0.05, 0) is 67.8 Å². The second-order valence-electron chi connectivity index (χ2n) is 10.1. The van der Waals surface area contributed by atoms with Crippen molar-refractivity contribution in [3.63, 3.8) is 0 Å². The van der Waals surface area contributed by atoms with Crippen LogP contribution in [0.25, 0.3) is 22.2 Å². The fourth-order valence-corrected chi connectivity index (χ4v) is 4.65. The van der Waals surface area contributed by atoms with Crippen molar-refractivity contribution in [1.29, 1.82) is 0 Å². The first kappa shape index (κ1) is 29.3. The van der Waals surface area contributed by atoms with Crippen LogP contribution in [0.3, 0.4) is 0 Å². The molecule has 0 bridgehead atoms. The first-order valence-corrected chi connectivity index (χ1v) is 13.7. The third-order valence-corrected chi connectivity index (χ3v) is 7.01. The Labute approximate surface area is 246 Å². The van der Waals surface area contributed by atoms with Gasteiger partial charge in [0.2, 0.25) is 6.41 Å². The van der Waals surface area contributed by atoms with Crippen LogP contribution in [0, 0.1) is 12.7 Å². The predicted octanol–water partition coefficient (Wildman–Crippen LogP) is 6.76. The van der Waals surface area contributed by atoms with E-state index in [1.165, 1.54) is 29.2 Å². The van der Waals surface area contributed by atoms with Crippen LogP contribution in [0.15, 0.2) is 94.6 Å². The number of nitrogens with zero attached hydrogens (tertiary/aromatic N) is 4. The van der Waals surface area contributed by atoms with Gasteiger partial charge in [-0.3, -0.25) is 19.5 Å². The summed E-state index contributed by atoms with van der Waals surface area (Å²) in [5, 5.41) is 25.1. The standard InChI is InChI=1S/C33H29FN4O5/c1-21-10-11-23(29-18-30(43-37-29)33(42)24-16-22-6-2-3-7-27(22)35-19-24)17-28(21)36-31(8-4-5-9-32(40)41)38(20-39)26-14-12-25(34)13-15-26/h2-3,6-7,10-20,33,42H,4-5,8-9H2,1H3,(H,40,41)/b36-31-. The quantitative estimate of drug-likeness (QED) is 0.0764. The number of aliphatic carboxylic acids is 1. The lowest BCUT2D eigenvalue weighted by Crippen LogP contribution is -2.29. The Bertz CT molecular complexity index is 1780. The summed E-state index contributed by atoms with van der Waals surface area (Å²) in [4.78, 5) is 33.7. The lowest BCUT2D eigenvalue weighted by molar-refractivity contribution is -0.137. The molecule has 0 saturated heterocycles. The van der Waals surface area contributed by atoms with Gasteiger partial charge < -0.3 is 14.7 Å². The minimum Gasteiger partial charge on any atom is -0.481 e. The molecule has 2 N–H and O–H groups in total. The normalized spacial score (nSPS) is 12.3. The topological polar surface area (TPSA) is 129 Å². The molecule has 9 nitrogen and oxygen atoms in total. The Balaban J connectivity index is 1.44. The summed E-state index contributed by atoms with van der Waals surface area (Å²) in [6.07, 6.45) is 2.32. The number of unbranched alkanes of at least 4 members (excludes halogenated alkanes) is 1. The highest BCUT2D eigenvalue weighted by molar-refractivity contribution is 6.10. The molecule has 2 heterocycles. The molecule has 0 saturated carbocycles. The monoisotopic (exact) mass is 580 g/mol. The van der Waals surface area contributed by atoms with Gasteiger partial charge in [0.1, 0.15) is 23.5 Å². The third-order valence-electron chi connectivity index (χ3n) is 7.01. The molecular formula is C33H29FN4O5. The number of hydrogen-bond donors (Lipinski definition) is 2. The van der Waals surface area contributed by atoms with Crippen molar-refractivity contribution >= 4 is 40.5 Å². The maximum absolute atomic E-state index is 13.6. The van der Waals surface area contributed by atoms with E-state index in [1.807, 2.05) is 49.4 Å². The second kappa shape index (κ2) is 13.2. The van der Waals surface area contributed by atoms with Crippen LogP contribution in [0.4, 0.5) is 15.8 Å². The van der Waals surface area contributed by atoms with E-state index >= 15 is 0 Å². The van der Waals surface area contributed by atoms with Crippen LogP contribution in [0.2, 0.25) is 0 Å². The number of aliphatic hydroxyl groups excluding tert-OH is 1. The van der Waals surface area contributed by atoms with E-state index in [0.29, 0.717) is 59.7 Å². The number of aryl methyl sites for hydroxylation is 1. The molecule has 3 aromatic carbocycles. The number of fused-ring (bicyclic) bond motifs is 1. The Morgan fingerprint density at radius 2 is 1.81 bits per heavy atom. The first-order chi connectivity index (χ1) is 20.8. The summed E-state index contributed by atoms with van der Waals surface area (Å²) >= 11 is 0. The minimum atomic E-state index is -1.07. The number of halogens is 1. The number of hydrogen-bond acceptors (Lipinski definition) is 7. The fourth-order valence-electron chi connectivity index (χ4n) is 4.65. The summed E-state index contributed by atoms with van der Waals surface area (Å²) in [6, 6.07) is 22.1. The summed E-state index contributed by atoms with van der Waals surface area (Å²) in [5.74, 6) is -0.707. The largest absolute Gasteiger partial charge is 0.481 e. The van der Waals surface area contributed by atoms with Gasteiger partial charge in [0.05, 0.1) is 11.2 Å². The number of pyridine rings is 1. The molecule has 2 aromatic heterocycles. The van der Waals surface area contributed by atoms with Gasteiger partial charge in [-0.15, -0.1) is 0 Å². The molecular weight excluding hydrogens is 551 g/mol. The lowest BCUT2D eigenvalue weighted by atomic mass is 10.0. The van der Waals surface area contributed by atoms with Crippen LogP contribution in [0.5, 0.6) is 0 Å². The van der Waals surface area contributed by atoms with E-state index < -0.39 is 17.9 Å². The van der Waals surface area contributed by atoms with Crippen LogP contribution in [-0.4, -0.2) is 38.6 Å². The van der Waals surface area contributed by atoms with Gasteiger partial charge >= 0.3 is 5.97 Å². The van der Waals surface area contributed by atoms with Crippen molar-refractivity contribution in [2.24, 2.45) is 4.99 Å². The molecule has 1 atom stereocenters. The molecule has 0 aliphatic heterocycles. The van der Waals surface area contributed by atoms with Gasteiger partial charge in [-0.25, -0.2) is 9.38 Å². The Morgan fingerprint density at radius 3 is 2.58 bits per heavy atom. The summed E-state index contributed by atoms with van der Waals surface area (Å²) in [6.45, 7) is 1.87. The number of carboxylic acids is 1. The number of rotatable bonds is 11. The number of carbonyl (C=O) groups excluding carboxylic acids is 1. The molecule has 0 fully saturated rings. The second-order valence-corrected chi connectivity index (χ2v) is 10.1. The van der Waals surface area contributed by atoms with Gasteiger partial charge in [-0.1, -0.05) is 35.5 Å². The summed E-state index contributed by atoms with van der Waals surface area (Å²) < 4.78 is 19.1. The zero-order valence-corrected chi connectivity index (χ0v) is 23.4. The maximum Gasteiger partial charge on any atom is 0.303 e. The number of amidine groups is 1. The zero-order valence-electron chi connectivity index (χ0n) is 23.4. The molecule has 1 amide bonds. The number of aromatic nitrogens is 2. The van der Waals surface area contributed by atoms with Crippen molar-refractivity contribution in [2.75, 3.05) is 4.90 Å². The number of para-hydroxylation sites is 1. The van der Waals surface area contributed by atoms with Gasteiger partial charge in [-0.2, -0.15) is 0 Å². The molecule has 0 spiro atoms. The average Bonchev–Trinajstić information content (AvgIpc) is 3.51. The molecule has 43 heavy (non-hydrogen) atoms. The summed E-state index contributed by atoms with van der Waals surface area (Å²) in [7, 11) is 0. The van der Waals surface area contributed by atoms with Gasteiger partial charge in [0.25, 0.3) is 0 Å². The van der Waals surface area contributed by atoms with E-state index in [-0.39, 0.29) is 12.2 Å². The molecule has 5 rings (SSSR count). The number of benzene rings is 3. The number of amides is 1. The maximum atomic E-state index is 13.6.